The summed E-state index contributed by atoms with van der Waals surface area (Å²) >= 11 is 1.59. The van der Waals surface area contributed by atoms with Crippen LogP contribution in [-0.2, 0) is 11.3 Å². The van der Waals surface area contributed by atoms with Crippen molar-refractivity contribution in [1.82, 2.24) is 10.6 Å². The van der Waals surface area contributed by atoms with Gasteiger partial charge < -0.3 is 20.5 Å². The molecule has 1 aromatic heterocycles. The number of hydrogen-bond donors (Lipinski definition) is 3. The van der Waals surface area contributed by atoms with Crippen molar-refractivity contribution < 1.29 is 14.6 Å². The lowest BCUT2D eigenvalue weighted by Gasteiger charge is -2.11. The molecule has 16 heavy (non-hydrogen) atoms. The van der Waals surface area contributed by atoms with Gasteiger partial charge in [0.25, 0.3) is 0 Å². The molecule has 1 aromatic rings. The third-order valence-electron chi connectivity index (χ3n) is 1.89. The normalized spacial score (nSPS) is 12.1. The van der Waals surface area contributed by atoms with Crippen molar-refractivity contribution in [1.29, 1.82) is 0 Å². The first-order chi connectivity index (χ1) is 7.72. The van der Waals surface area contributed by atoms with E-state index in [9.17, 15) is 9.90 Å². The van der Waals surface area contributed by atoms with E-state index in [0.717, 1.165) is 5.56 Å². The van der Waals surface area contributed by atoms with E-state index >= 15 is 0 Å². The van der Waals surface area contributed by atoms with Gasteiger partial charge in [-0.3, -0.25) is 0 Å². The van der Waals surface area contributed by atoms with Gasteiger partial charge >= 0.3 is 6.03 Å². The van der Waals surface area contributed by atoms with Crippen LogP contribution in [0.3, 0.4) is 0 Å². The smallest absolute Gasteiger partial charge is 0.315 e. The molecule has 0 saturated heterocycles. The predicted molar refractivity (Wildman–Crippen MR) is 62.4 cm³/mol. The average molecular weight is 244 g/mol. The van der Waals surface area contributed by atoms with E-state index in [1.165, 1.54) is 7.11 Å². The number of urea groups is 1. The molecule has 1 rings (SSSR count). The molecule has 1 unspecified atom stereocenters. The molecule has 6 heteroatoms. The van der Waals surface area contributed by atoms with Crippen LogP contribution in [-0.4, -0.2) is 37.5 Å². The summed E-state index contributed by atoms with van der Waals surface area (Å²) in [5.74, 6) is 0. The average Bonchev–Trinajstić information content (AvgIpc) is 2.77. The number of amides is 2. The zero-order valence-corrected chi connectivity index (χ0v) is 9.92. The Bertz CT molecular complexity index is 303. The fourth-order valence-electron chi connectivity index (χ4n) is 1.10. The lowest BCUT2D eigenvalue weighted by molar-refractivity contribution is 0.0660. The Hall–Kier alpha value is -1.11. The molecular formula is C10H16N2O3S. The molecule has 0 radical (unpaired) electrons. The van der Waals surface area contributed by atoms with Gasteiger partial charge in [-0.05, 0) is 22.4 Å². The Morgan fingerprint density at radius 1 is 1.62 bits per heavy atom. The second kappa shape index (κ2) is 7.21. The van der Waals surface area contributed by atoms with Crippen LogP contribution >= 0.6 is 11.3 Å². The maximum Gasteiger partial charge on any atom is 0.315 e. The van der Waals surface area contributed by atoms with Gasteiger partial charge in [-0.1, -0.05) is 0 Å². The number of thiophene rings is 1. The minimum atomic E-state index is -0.670. The van der Waals surface area contributed by atoms with Gasteiger partial charge in [0.2, 0.25) is 0 Å². The Kier molecular flexibility index (Phi) is 5.84. The first-order valence-electron chi connectivity index (χ1n) is 4.92. The van der Waals surface area contributed by atoms with E-state index in [2.05, 4.69) is 10.6 Å². The van der Waals surface area contributed by atoms with Crippen LogP contribution in [0.5, 0.6) is 0 Å². The van der Waals surface area contributed by atoms with Crippen molar-refractivity contribution in [2.75, 3.05) is 20.3 Å². The van der Waals surface area contributed by atoms with Gasteiger partial charge in [-0.2, -0.15) is 11.3 Å². The standard InChI is InChI=1S/C10H16N2O3S/c1-15-6-9(13)5-12-10(14)11-4-8-2-3-16-7-8/h2-3,7,9,13H,4-6H2,1H3,(H2,11,12,14). The maximum atomic E-state index is 11.3. The summed E-state index contributed by atoms with van der Waals surface area (Å²) in [5.41, 5.74) is 1.07. The van der Waals surface area contributed by atoms with Crippen LogP contribution in [0.4, 0.5) is 4.79 Å². The van der Waals surface area contributed by atoms with Gasteiger partial charge in [0.05, 0.1) is 12.7 Å². The third-order valence-corrected chi connectivity index (χ3v) is 2.62. The molecule has 0 aliphatic rings. The lowest BCUT2D eigenvalue weighted by atomic mass is 10.3. The highest BCUT2D eigenvalue weighted by Crippen LogP contribution is 2.04. The summed E-state index contributed by atoms with van der Waals surface area (Å²) in [6.45, 7) is 0.893. The zero-order valence-electron chi connectivity index (χ0n) is 9.10. The molecule has 0 aliphatic heterocycles. The lowest BCUT2D eigenvalue weighted by Crippen LogP contribution is -2.40. The van der Waals surface area contributed by atoms with Gasteiger partial charge in [-0.25, -0.2) is 4.79 Å². The molecule has 2 amide bonds. The van der Waals surface area contributed by atoms with Gasteiger partial charge in [0.15, 0.2) is 0 Å². The number of ether oxygens (including phenoxy) is 1. The van der Waals surface area contributed by atoms with Crippen LogP contribution < -0.4 is 10.6 Å². The fourth-order valence-corrected chi connectivity index (χ4v) is 1.77. The molecule has 5 nitrogen and oxygen atoms in total. The molecule has 0 aliphatic carbocycles. The largest absolute Gasteiger partial charge is 0.389 e. The molecular weight excluding hydrogens is 228 g/mol. The van der Waals surface area contributed by atoms with E-state index in [4.69, 9.17) is 4.74 Å². The highest BCUT2D eigenvalue weighted by molar-refractivity contribution is 7.07. The molecule has 0 fully saturated rings. The predicted octanol–water partition coefficient (Wildman–Crippen LogP) is 0.555. The summed E-state index contributed by atoms with van der Waals surface area (Å²) in [5, 5.41) is 18.5. The molecule has 1 heterocycles. The number of aliphatic hydroxyl groups is 1. The molecule has 0 saturated carbocycles. The van der Waals surface area contributed by atoms with Crippen LogP contribution in [0, 0.1) is 0 Å². The summed E-state index contributed by atoms with van der Waals surface area (Å²) in [6, 6.07) is 1.66. The number of carbonyl (C=O) groups excluding carboxylic acids is 1. The summed E-state index contributed by atoms with van der Waals surface area (Å²) in [4.78, 5) is 11.3. The number of carbonyl (C=O) groups is 1. The second-order valence-corrected chi connectivity index (χ2v) is 4.08. The van der Waals surface area contributed by atoms with Crippen molar-refractivity contribution in [3.8, 4) is 0 Å². The SMILES string of the molecule is COCC(O)CNC(=O)NCc1ccsc1. The quantitative estimate of drug-likeness (QED) is 0.684. The number of rotatable bonds is 6. The highest BCUT2D eigenvalue weighted by Gasteiger charge is 2.05. The third kappa shape index (κ3) is 5.11. The first kappa shape index (κ1) is 13.0. The van der Waals surface area contributed by atoms with Crippen LogP contribution in [0.1, 0.15) is 5.56 Å². The molecule has 0 spiro atoms. The minimum Gasteiger partial charge on any atom is -0.389 e. The zero-order chi connectivity index (χ0) is 11.8. The highest BCUT2D eigenvalue weighted by atomic mass is 32.1. The topological polar surface area (TPSA) is 70.6 Å². The van der Waals surface area contributed by atoms with Gasteiger partial charge in [0.1, 0.15) is 0 Å². The van der Waals surface area contributed by atoms with Crippen molar-refractivity contribution in [2.24, 2.45) is 0 Å². The van der Waals surface area contributed by atoms with Crippen LogP contribution in [0.2, 0.25) is 0 Å². The Labute approximate surface area is 98.4 Å². The second-order valence-electron chi connectivity index (χ2n) is 3.30. The van der Waals surface area contributed by atoms with Crippen molar-refractivity contribution in [2.45, 2.75) is 12.6 Å². The summed E-state index contributed by atoms with van der Waals surface area (Å²) < 4.78 is 4.73. The van der Waals surface area contributed by atoms with E-state index in [-0.39, 0.29) is 19.2 Å². The summed E-state index contributed by atoms with van der Waals surface area (Å²) in [7, 11) is 1.50. The number of aliphatic hydroxyl groups excluding tert-OH is 1. The molecule has 0 aromatic carbocycles. The Morgan fingerprint density at radius 2 is 2.44 bits per heavy atom. The molecule has 0 bridgehead atoms. The molecule has 90 valence electrons. The van der Waals surface area contributed by atoms with Crippen molar-refractivity contribution >= 4 is 17.4 Å². The van der Waals surface area contributed by atoms with Gasteiger partial charge in [0, 0.05) is 20.2 Å². The maximum absolute atomic E-state index is 11.3. The van der Waals surface area contributed by atoms with Crippen molar-refractivity contribution in [3.63, 3.8) is 0 Å². The first-order valence-corrected chi connectivity index (χ1v) is 5.86. The van der Waals surface area contributed by atoms with E-state index < -0.39 is 6.10 Å². The number of methoxy groups -OCH3 is 1. The fraction of sp³-hybridized carbons (Fsp3) is 0.500. The van der Waals surface area contributed by atoms with E-state index in [0.29, 0.717) is 6.54 Å². The van der Waals surface area contributed by atoms with Crippen molar-refractivity contribution in [3.05, 3.63) is 22.4 Å². The number of hydrogen-bond acceptors (Lipinski definition) is 4. The monoisotopic (exact) mass is 244 g/mol. The van der Waals surface area contributed by atoms with Gasteiger partial charge in [-0.15, -0.1) is 0 Å². The van der Waals surface area contributed by atoms with Crippen LogP contribution in [0.15, 0.2) is 16.8 Å². The molecule has 1 atom stereocenters. The van der Waals surface area contributed by atoms with E-state index in [1.54, 1.807) is 11.3 Å². The minimum absolute atomic E-state index is 0.184. The summed E-state index contributed by atoms with van der Waals surface area (Å²) in [6.07, 6.45) is -0.670. The van der Waals surface area contributed by atoms with Crippen LogP contribution in [0.25, 0.3) is 0 Å². The number of nitrogens with one attached hydrogen (secondary N) is 2. The van der Waals surface area contributed by atoms with E-state index in [1.807, 2.05) is 16.8 Å². The Balaban J connectivity index is 2.11. The Morgan fingerprint density at radius 3 is 3.06 bits per heavy atom. The molecule has 3 N–H and O–H groups in total.